The van der Waals surface area contributed by atoms with Crippen LogP contribution in [0.1, 0.15) is 35.9 Å². The van der Waals surface area contributed by atoms with E-state index in [2.05, 4.69) is 10.4 Å². The maximum Gasteiger partial charge on any atom is 0.433 e. The van der Waals surface area contributed by atoms with Crippen molar-refractivity contribution in [3.63, 3.8) is 0 Å². The molecule has 0 atom stereocenters. The van der Waals surface area contributed by atoms with E-state index in [9.17, 15) is 18.0 Å². The van der Waals surface area contributed by atoms with Crippen LogP contribution in [0.25, 0.3) is 0 Å². The third-order valence-electron chi connectivity index (χ3n) is 3.78. The molecule has 10 heteroatoms. The maximum absolute atomic E-state index is 13.4. The fraction of sp³-hybridized carbons (Fsp3) is 0.444. The molecule has 1 aromatic carbocycles. The third-order valence-corrected chi connectivity index (χ3v) is 4.08. The molecule has 0 radical (unpaired) electrons. The highest BCUT2D eigenvalue weighted by molar-refractivity contribution is 6.32. The normalized spacial score (nSPS) is 11.9. The molecule has 1 heterocycles. The number of nitrogens with one attached hydrogen (secondary N) is 1. The van der Waals surface area contributed by atoms with Crippen molar-refractivity contribution in [3.05, 3.63) is 40.7 Å². The standard InChI is InChI=1S/C18H22ClF3N4O2/c1-11(2)26-16(18(20,21)22)13(10-23-26)17(27)24-12-5-6-15(14(19)9-12)28-8-7-25(3)4/h5-6,9-11H,7-8H2,1-4H3,(H,24,27). The first-order chi connectivity index (χ1) is 13.0. The van der Waals surface area contributed by atoms with E-state index in [1.807, 2.05) is 19.0 Å². The molecule has 2 aromatic rings. The second-order valence-corrected chi connectivity index (χ2v) is 7.10. The van der Waals surface area contributed by atoms with Crippen LogP contribution in [-0.2, 0) is 6.18 Å². The van der Waals surface area contributed by atoms with E-state index in [0.29, 0.717) is 18.9 Å². The Labute approximate surface area is 166 Å². The average molecular weight is 419 g/mol. The molecule has 0 bridgehead atoms. The lowest BCUT2D eigenvalue weighted by Gasteiger charge is -2.15. The van der Waals surface area contributed by atoms with Gasteiger partial charge in [-0.2, -0.15) is 18.3 Å². The van der Waals surface area contributed by atoms with Gasteiger partial charge >= 0.3 is 6.18 Å². The number of amides is 1. The van der Waals surface area contributed by atoms with Crippen LogP contribution < -0.4 is 10.1 Å². The van der Waals surface area contributed by atoms with Crippen LogP contribution in [0.5, 0.6) is 5.75 Å². The monoisotopic (exact) mass is 418 g/mol. The predicted octanol–water partition coefficient (Wildman–Crippen LogP) is 4.33. The Morgan fingerprint density at radius 1 is 1.36 bits per heavy atom. The van der Waals surface area contributed by atoms with E-state index >= 15 is 0 Å². The Morgan fingerprint density at radius 2 is 2.04 bits per heavy atom. The zero-order valence-corrected chi connectivity index (χ0v) is 16.7. The highest BCUT2D eigenvalue weighted by Crippen LogP contribution is 2.34. The van der Waals surface area contributed by atoms with Crippen molar-refractivity contribution in [3.8, 4) is 5.75 Å². The van der Waals surface area contributed by atoms with Crippen molar-refractivity contribution in [1.82, 2.24) is 14.7 Å². The van der Waals surface area contributed by atoms with Crippen molar-refractivity contribution in [2.45, 2.75) is 26.1 Å². The van der Waals surface area contributed by atoms with E-state index in [1.54, 1.807) is 19.9 Å². The summed E-state index contributed by atoms with van der Waals surface area (Å²) in [4.78, 5) is 14.4. The Balaban J connectivity index is 2.18. The molecule has 154 valence electrons. The van der Waals surface area contributed by atoms with Crippen molar-refractivity contribution in [2.24, 2.45) is 0 Å². The number of carbonyl (C=O) groups excluding carboxylic acids is 1. The number of hydrogen-bond donors (Lipinski definition) is 1. The molecule has 0 saturated heterocycles. The van der Waals surface area contributed by atoms with Gasteiger partial charge in [0, 0.05) is 18.3 Å². The van der Waals surface area contributed by atoms with Crippen LogP contribution >= 0.6 is 11.6 Å². The second kappa shape index (κ2) is 8.83. The highest BCUT2D eigenvalue weighted by atomic mass is 35.5. The topological polar surface area (TPSA) is 59.4 Å². The Morgan fingerprint density at radius 3 is 2.57 bits per heavy atom. The van der Waals surface area contributed by atoms with Crippen molar-refractivity contribution < 1.29 is 22.7 Å². The largest absolute Gasteiger partial charge is 0.491 e. The van der Waals surface area contributed by atoms with Crippen LogP contribution in [0.15, 0.2) is 24.4 Å². The number of ether oxygens (including phenoxy) is 1. The maximum atomic E-state index is 13.4. The second-order valence-electron chi connectivity index (χ2n) is 6.69. The van der Waals surface area contributed by atoms with Crippen LogP contribution in [0.4, 0.5) is 18.9 Å². The van der Waals surface area contributed by atoms with Gasteiger partial charge in [0.05, 0.1) is 16.8 Å². The van der Waals surface area contributed by atoms with Gasteiger partial charge in [-0.1, -0.05) is 11.6 Å². The van der Waals surface area contributed by atoms with Gasteiger partial charge in [0.25, 0.3) is 5.91 Å². The van der Waals surface area contributed by atoms with Gasteiger partial charge in [-0.3, -0.25) is 9.48 Å². The summed E-state index contributed by atoms with van der Waals surface area (Å²) < 4.78 is 46.6. The molecule has 2 rings (SSSR count). The van der Waals surface area contributed by atoms with Gasteiger partial charge in [0.2, 0.25) is 0 Å². The summed E-state index contributed by atoms with van der Waals surface area (Å²) in [7, 11) is 3.81. The molecular formula is C18H22ClF3N4O2. The van der Waals surface area contributed by atoms with Crippen LogP contribution in [0.2, 0.25) is 5.02 Å². The number of anilines is 1. The lowest BCUT2D eigenvalue weighted by atomic mass is 10.2. The summed E-state index contributed by atoms with van der Waals surface area (Å²) in [6.07, 6.45) is -3.80. The van der Waals surface area contributed by atoms with Crippen molar-refractivity contribution in [2.75, 3.05) is 32.6 Å². The van der Waals surface area contributed by atoms with E-state index in [1.165, 1.54) is 12.1 Å². The molecule has 0 aliphatic rings. The van der Waals surface area contributed by atoms with Gasteiger partial charge in [-0.15, -0.1) is 0 Å². The lowest BCUT2D eigenvalue weighted by Crippen LogP contribution is -2.22. The average Bonchev–Trinajstić information content (AvgIpc) is 3.02. The molecule has 0 aliphatic carbocycles. The highest BCUT2D eigenvalue weighted by Gasteiger charge is 2.40. The molecule has 0 fully saturated rings. The number of halogens is 4. The van der Waals surface area contributed by atoms with E-state index < -0.39 is 29.4 Å². The van der Waals surface area contributed by atoms with Crippen molar-refractivity contribution in [1.29, 1.82) is 0 Å². The lowest BCUT2D eigenvalue weighted by molar-refractivity contribution is -0.145. The van der Waals surface area contributed by atoms with Gasteiger partial charge in [-0.05, 0) is 46.1 Å². The molecule has 1 amide bonds. The summed E-state index contributed by atoms with van der Waals surface area (Å²) in [5.41, 5.74) is -1.39. The fourth-order valence-corrected chi connectivity index (χ4v) is 2.67. The number of hydrogen-bond acceptors (Lipinski definition) is 4. The Kier molecular flexibility index (Phi) is 6.95. The van der Waals surface area contributed by atoms with Gasteiger partial charge < -0.3 is 15.0 Å². The number of aromatic nitrogens is 2. The molecular weight excluding hydrogens is 397 g/mol. The minimum Gasteiger partial charge on any atom is -0.491 e. The number of nitrogens with zero attached hydrogens (tertiary/aromatic N) is 3. The Hall–Kier alpha value is -2.26. The molecule has 0 saturated carbocycles. The summed E-state index contributed by atoms with van der Waals surface area (Å²) in [6.45, 7) is 4.22. The predicted molar refractivity (Wildman–Crippen MR) is 101 cm³/mol. The summed E-state index contributed by atoms with van der Waals surface area (Å²) in [5.74, 6) is -0.498. The van der Waals surface area contributed by atoms with Gasteiger partial charge in [0.1, 0.15) is 12.4 Å². The number of carbonyl (C=O) groups is 1. The SMILES string of the molecule is CC(C)n1ncc(C(=O)Nc2ccc(OCCN(C)C)c(Cl)c2)c1C(F)(F)F. The summed E-state index contributed by atoms with van der Waals surface area (Å²) in [6, 6.07) is 3.93. The molecule has 1 aromatic heterocycles. The number of alkyl halides is 3. The van der Waals surface area contributed by atoms with E-state index in [0.717, 1.165) is 10.9 Å². The minimum absolute atomic E-state index is 0.241. The Bertz CT molecular complexity index is 835. The number of likely N-dealkylation sites (N-methyl/N-ethyl adjacent to an activating group) is 1. The van der Waals surface area contributed by atoms with Gasteiger partial charge in [-0.25, -0.2) is 0 Å². The molecule has 1 N–H and O–H groups in total. The quantitative estimate of drug-likeness (QED) is 0.727. The van der Waals surface area contributed by atoms with Gasteiger partial charge in [0.15, 0.2) is 5.69 Å². The van der Waals surface area contributed by atoms with E-state index in [-0.39, 0.29) is 10.7 Å². The van der Waals surface area contributed by atoms with Crippen LogP contribution in [0, 0.1) is 0 Å². The molecule has 0 spiro atoms. The smallest absolute Gasteiger partial charge is 0.433 e. The zero-order chi connectivity index (χ0) is 21.1. The molecule has 6 nitrogen and oxygen atoms in total. The first-order valence-corrected chi connectivity index (χ1v) is 8.91. The van der Waals surface area contributed by atoms with Crippen molar-refractivity contribution >= 4 is 23.2 Å². The number of rotatable bonds is 7. The summed E-state index contributed by atoms with van der Waals surface area (Å²) in [5, 5.41) is 6.38. The van der Waals surface area contributed by atoms with E-state index in [4.69, 9.17) is 16.3 Å². The zero-order valence-electron chi connectivity index (χ0n) is 16.0. The minimum atomic E-state index is -4.71. The van der Waals surface area contributed by atoms with Crippen LogP contribution in [-0.4, -0.2) is 47.8 Å². The number of benzene rings is 1. The molecule has 0 aliphatic heterocycles. The first-order valence-electron chi connectivity index (χ1n) is 8.53. The molecule has 0 unspecified atom stereocenters. The third kappa shape index (κ3) is 5.39. The summed E-state index contributed by atoms with van der Waals surface area (Å²) >= 11 is 6.14. The molecule has 28 heavy (non-hydrogen) atoms. The first kappa shape index (κ1) is 22.0. The fourth-order valence-electron chi connectivity index (χ4n) is 2.43. The van der Waals surface area contributed by atoms with Crippen LogP contribution in [0.3, 0.4) is 0 Å².